The molecule has 1 aromatic carbocycles. The molecule has 0 aliphatic carbocycles. The lowest BCUT2D eigenvalue weighted by Crippen LogP contribution is -2.16. The fourth-order valence-electron chi connectivity index (χ4n) is 2.71. The van der Waals surface area contributed by atoms with Crippen LogP contribution in [-0.2, 0) is 0 Å². The normalized spacial score (nSPS) is 12.9. The molecule has 0 aliphatic rings. The van der Waals surface area contributed by atoms with Gasteiger partial charge in [0.05, 0.1) is 24.4 Å². The van der Waals surface area contributed by atoms with Gasteiger partial charge in [-0.05, 0) is 24.5 Å². The van der Waals surface area contributed by atoms with Crippen LogP contribution in [0.25, 0.3) is 22.2 Å². The van der Waals surface area contributed by atoms with Crippen LogP contribution < -0.4 is 0 Å². The molecule has 114 valence electrons. The van der Waals surface area contributed by atoms with Gasteiger partial charge in [0, 0.05) is 17.1 Å². The van der Waals surface area contributed by atoms with Gasteiger partial charge in [0.1, 0.15) is 5.69 Å². The summed E-state index contributed by atoms with van der Waals surface area (Å²) in [4.78, 5) is 4.37. The first-order valence-corrected chi connectivity index (χ1v) is 7.56. The highest BCUT2D eigenvalue weighted by molar-refractivity contribution is 5.92. The third kappa shape index (κ3) is 2.85. The van der Waals surface area contributed by atoms with Crippen molar-refractivity contribution in [1.82, 2.24) is 20.0 Å². The number of aromatic nitrogens is 4. The van der Waals surface area contributed by atoms with Crippen molar-refractivity contribution in [2.45, 2.75) is 26.3 Å². The molecule has 2 aromatic heterocycles. The third-order valence-corrected chi connectivity index (χ3v) is 3.76. The maximum Gasteiger partial charge on any atom is 0.113 e. The van der Waals surface area contributed by atoms with Gasteiger partial charge in [-0.2, -0.15) is 0 Å². The van der Waals surface area contributed by atoms with E-state index in [0.29, 0.717) is 5.92 Å². The van der Waals surface area contributed by atoms with Crippen molar-refractivity contribution in [3.8, 4) is 11.3 Å². The number of nitrogens with zero attached hydrogens (tertiary/aromatic N) is 4. The Balaban J connectivity index is 1.99. The Morgan fingerprint density at radius 3 is 2.77 bits per heavy atom. The molecule has 3 aromatic rings. The minimum Gasteiger partial charge on any atom is -0.394 e. The second-order valence-corrected chi connectivity index (χ2v) is 5.93. The van der Waals surface area contributed by atoms with Crippen LogP contribution in [0.4, 0.5) is 0 Å². The van der Waals surface area contributed by atoms with Crippen LogP contribution in [0.15, 0.2) is 42.7 Å². The average Bonchev–Trinajstić information content (AvgIpc) is 3.01. The summed E-state index contributed by atoms with van der Waals surface area (Å²) in [6, 6.07) is 9.91. The molecule has 3 rings (SSSR count). The van der Waals surface area contributed by atoms with Crippen molar-refractivity contribution in [2.24, 2.45) is 5.92 Å². The van der Waals surface area contributed by atoms with Crippen LogP contribution in [0.2, 0.25) is 0 Å². The molecule has 0 amide bonds. The fourth-order valence-corrected chi connectivity index (χ4v) is 2.71. The van der Waals surface area contributed by atoms with Gasteiger partial charge in [0.2, 0.25) is 0 Å². The Bertz CT molecular complexity index is 761. The standard InChI is InChI=1S/C17H20N4O/c1-12(2)9-13(11-22)21-10-17(19-20-21)15-7-8-18-16-6-4-3-5-14(15)16/h3-8,10,12-13,22H,9,11H2,1-2H3/t13-/m0/s1. The fraction of sp³-hybridized carbons (Fsp3) is 0.353. The topological polar surface area (TPSA) is 63.8 Å². The molecule has 1 N–H and O–H groups in total. The van der Waals surface area contributed by atoms with Gasteiger partial charge in [-0.3, -0.25) is 4.98 Å². The number of para-hydroxylation sites is 1. The van der Waals surface area contributed by atoms with Gasteiger partial charge in [0.25, 0.3) is 0 Å². The summed E-state index contributed by atoms with van der Waals surface area (Å²) in [6.45, 7) is 4.34. The van der Waals surface area contributed by atoms with Crippen molar-refractivity contribution < 1.29 is 5.11 Å². The molecular formula is C17H20N4O. The number of fused-ring (bicyclic) bond motifs is 1. The van der Waals surface area contributed by atoms with Crippen molar-refractivity contribution in [2.75, 3.05) is 6.61 Å². The second kappa shape index (κ2) is 6.23. The SMILES string of the molecule is CC(C)C[C@@H](CO)n1cc(-c2ccnc3ccccc23)nn1. The molecule has 0 aliphatic heterocycles. The molecular weight excluding hydrogens is 276 g/mol. The largest absolute Gasteiger partial charge is 0.394 e. The predicted molar refractivity (Wildman–Crippen MR) is 86.3 cm³/mol. The van der Waals surface area contributed by atoms with E-state index in [1.165, 1.54) is 0 Å². The molecule has 0 radical (unpaired) electrons. The van der Waals surface area contributed by atoms with E-state index in [9.17, 15) is 5.11 Å². The number of hydrogen-bond acceptors (Lipinski definition) is 4. The number of rotatable bonds is 5. The van der Waals surface area contributed by atoms with Gasteiger partial charge in [-0.1, -0.05) is 37.3 Å². The second-order valence-electron chi connectivity index (χ2n) is 5.93. The zero-order valence-corrected chi connectivity index (χ0v) is 12.8. The molecule has 0 fully saturated rings. The monoisotopic (exact) mass is 296 g/mol. The summed E-state index contributed by atoms with van der Waals surface area (Å²) in [5, 5.41) is 19.1. The lowest BCUT2D eigenvalue weighted by atomic mass is 10.0. The first kappa shape index (κ1) is 14.7. The van der Waals surface area contributed by atoms with Gasteiger partial charge in [-0.25, -0.2) is 4.68 Å². The minimum absolute atomic E-state index is 0.0330. The molecule has 1 atom stereocenters. The molecule has 5 nitrogen and oxygen atoms in total. The highest BCUT2D eigenvalue weighted by Gasteiger charge is 2.15. The molecule has 2 heterocycles. The summed E-state index contributed by atoms with van der Waals surface area (Å²) in [5.74, 6) is 0.492. The maximum atomic E-state index is 9.58. The van der Waals surface area contributed by atoms with Crippen LogP contribution in [0.3, 0.4) is 0 Å². The van der Waals surface area contributed by atoms with Crippen LogP contribution in [0.1, 0.15) is 26.3 Å². The van der Waals surface area contributed by atoms with Crippen molar-refractivity contribution in [1.29, 1.82) is 0 Å². The molecule has 0 saturated carbocycles. The van der Waals surface area contributed by atoms with E-state index in [0.717, 1.165) is 28.6 Å². The summed E-state index contributed by atoms with van der Waals surface area (Å²) >= 11 is 0. The Morgan fingerprint density at radius 2 is 2.00 bits per heavy atom. The van der Waals surface area contributed by atoms with E-state index in [4.69, 9.17) is 0 Å². The zero-order valence-electron chi connectivity index (χ0n) is 12.8. The molecule has 22 heavy (non-hydrogen) atoms. The van der Waals surface area contributed by atoms with Crippen LogP contribution >= 0.6 is 0 Å². The third-order valence-electron chi connectivity index (χ3n) is 3.76. The lowest BCUT2D eigenvalue weighted by molar-refractivity contribution is 0.196. The molecule has 0 unspecified atom stereocenters. The van der Waals surface area contributed by atoms with Crippen molar-refractivity contribution in [3.05, 3.63) is 42.7 Å². The summed E-state index contributed by atoms with van der Waals surface area (Å²) in [6.07, 6.45) is 4.57. The highest BCUT2D eigenvalue weighted by Crippen LogP contribution is 2.26. The maximum absolute atomic E-state index is 9.58. The van der Waals surface area contributed by atoms with Gasteiger partial charge in [0.15, 0.2) is 0 Å². The van der Waals surface area contributed by atoms with E-state index >= 15 is 0 Å². The Morgan fingerprint density at radius 1 is 1.18 bits per heavy atom. The Labute approximate surface area is 129 Å². The summed E-state index contributed by atoms with van der Waals surface area (Å²) < 4.78 is 1.77. The van der Waals surface area contributed by atoms with Crippen LogP contribution in [-0.4, -0.2) is 31.7 Å². The zero-order chi connectivity index (χ0) is 15.5. The lowest BCUT2D eigenvalue weighted by Gasteiger charge is -2.15. The van der Waals surface area contributed by atoms with E-state index in [1.54, 1.807) is 10.9 Å². The summed E-state index contributed by atoms with van der Waals surface area (Å²) in [7, 11) is 0. The van der Waals surface area contributed by atoms with Crippen LogP contribution in [0.5, 0.6) is 0 Å². The highest BCUT2D eigenvalue weighted by atomic mass is 16.3. The minimum atomic E-state index is -0.0330. The summed E-state index contributed by atoms with van der Waals surface area (Å²) in [5.41, 5.74) is 2.76. The molecule has 0 bridgehead atoms. The Kier molecular flexibility index (Phi) is 4.15. The van der Waals surface area contributed by atoms with Gasteiger partial charge >= 0.3 is 0 Å². The number of hydrogen-bond donors (Lipinski definition) is 1. The molecule has 0 saturated heterocycles. The van der Waals surface area contributed by atoms with E-state index in [2.05, 4.69) is 29.1 Å². The first-order chi connectivity index (χ1) is 10.7. The van der Waals surface area contributed by atoms with E-state index < -0.39 is 0 Å². The average molecular weight is 296 g/mol. The van der Waals surface area contributed by atoms with E-state index in [-0.39, 0.29) is 12.6 Å². The number of pyridine rings is 1. The smallest absolute Gasteiger partial charge is 0.113 e. The van der Waals surface area contributed by atoms with Crippen molar-refractivity contribution >= 4 is 10.9 Å². The first-order valence-electron chi connectivity index (χ1n) is 7.56. The van der Waals surface area contributed by atoms with Gasteiger partial charge in [-0.15, -0.1) is 5.10 Å². The van der Waals surface area contributed by atoms with Crippen LogP contribution in [0, 0.1) is 5.92 Å². The number of aliphatic hydroxyl groups is 1. The predicted octanol–water partition coefficient (Wildman–Crippen LogP) is 3.07. The van der Waals surface area contributed by atoms with E-state index in [1.807, 2.05) is 36.5 Å². The van der Waals surface area contributed by atoms with Gasteiger partial charge < -0.3 is 5.11 Å². The molecule has 5 heteroatoms. The van der Waals surface area contributed by atoms with Crippen molar-refractivity contribution in [3.63, 3.8) is 0 Å². The number of aliphatic hydroxyl groups excluding tert-OH is 1. The Hall–Kier alpha value is -2.27. The molecule has 0 spiro atoms. The number of benzene rings is 1. The quantitative estimate of drug-likeness (QED) is 0.786.